The number of aromatic nitrogens is 2. The summed E-state index contributed by atoms with van der Waals surface area (Å²) in [5.74, 6) is 1.12. The minimum atomic E-state index is -3.03. The van der Waals surface area contributed by atoms with E-state index in [2.05, 4.69) is 10.4 Å². The van der Waals surface area contributed by atoms with Gasteiger partial charge < -0.3 is 9.73 Å². The zero-order valence-corrected chi connectivity index (χ0v) is 14.2. The molecule has 1 N–H and O–H groups in total. The number of nitrogens with one attached hydrogen (secondary N) is 1. The molecule has 1 saturated heterocycles. The molecule has 4 rings (SSSR count). The first kappa shape index (κ1) is 15.4. The number of carbonyl (C=O) groups is 1. The van der Waals surface area contributed by atoms with Gasteiger partial charge in [-0.3, -0.25) is 4.79 Å². The minimum Gasteiger partial charge on any atom is -0.459 e. The van der Waals surface area contributed by atoms with Crippen LogP contribution in [0.15, 0.2) is 22.8 Å². The fourth-order valence-electron chi connectivity index (χ4n) is 3.11. The summed E-state index contributed by atoms with van der Waals surface area (Å²) in [6.45, 7) is 1.80. The van der Waals surface area contributed by atoms with Gasteiger partial charge in [-0.1, -0.05) is 0 Å². The molecule has 2 fully saturated rings. The van der Waals surface area contributed by atoms with E-state index in [1.54, 1.807) is 17.7 Å². The molecule has 7 nitrogen and oxygen atoms in total. The standard InChI is InChI=1S/C16H19N3O4S/c1-10-4-6-23-15(10)16(20)17-14-8-13(11-2-3-11)18-19(14)12-5-7-24(21,22)9-12/h4,6,8,11-12H,2-3,5,7,9H2,1H3,(H,17,20)/t12-/m0/s1. The number of aryl methyl sites for hydroxylation is 1. The highest BCUT2D eigenvalue weighted by atomic mass is 32.2. The van der Waals surface area contributed by atoms with Gasteiger partial charge >= 0.3 is 0 Å². The molecular weight excluding hydrogens is 330 g/mol. The van der Waals surface area contributed by atoms with Crippen LogP contribution < -0.4 is 5.32 Å². The van der Waals surface area contributed by atoms with Crippen molar-refractivity contribution in [2.75, 3.05) is 16.8 Å². The monoisotopic (exact) mass is 349 g/mol. The molecule has 0 bridgehead atoms. The van der Waals surface area contributed by atoms with E-state index in [9.17, 15) is 13.2 Å². The Morgan fingerprint density at radius 3 is 2.75 bits per heavy atom. The topological polar surface area (TPSA) is 94.2 Å². The highest BCUT2D eigenvalue weighted by molar-refractivity contribution is 7.91. The van der Waals surface area contributed by atoms with Crippen molar-refractivity contribution in [1.29, 1.82) is 0 Å². The predicted molar refractivity (Wildman–Crippen MR) is 87.9 cm³/mol. The number of nitrogens with zero attached hydrogens (tertiary/aromatic N) is 2. The molecule has 8 heteroatoms. The number of furan rings is 1. The average Bonchev–Trinajstić information content (AvgIpc) is 2.98. The van der Waals surface area contributed by atoms with Crippen molar-refractivity contribution in [2.45, 2.75) is 38.1 Å². The fraction of sp³-hybridized carbons (Fsp3) is 0.500. The highest BCUT2D eigenvalue weighted by Crippen LogP contribution is 2.41. The van der Waals surface area contributed by atoms with E-state index < -0.39 is 9.84 Å². The van der Waals surface area contributed by atoms with Crippen LogP contribution in [0.4, 0.5) is 5.82 Å². The van der Waals surface area contributed by atoms with Crippen LogP contribution >= 0.6 is 0 Å². The Kier molecular flexibility index (Phi) is 3.52. The largest absolute Gasteiger partial charge is 0.459 e. The van der Waals surface area contributed by atoms with Gasteiger partial charge in [0, 0.05) is 17.5 Å². The molecule has 0 aromatic carbocycles. The number of anilines is 1. The molecule has 2 aliphatic rings. The zero-order chi connectivity index (χ0) is 16.9. The Morgan fingerprint density at radius 1 is 1.38 bits per heavy atom. The minimum absolute atomic E-state index is 0.0709. The van der Waals surface area contributed by atoms with Gasteiger partial charge in [0.05, 0.1) is 29.5 Å². The normalized spacial score (nSPS) is 22.6. The van der Waals surface area contributed by atoms with Crippen molar-refractivity contribution in [3.63, 3.8) is 0 Å². The van der Waals surface area contributed by atoms with Crippen molar-refractivity contribution in [3.8, 4) is 0 Å². The van der Waals surface area contributed by atoms with Crippen LogP contribution in [-0.2, 0) is 9.84 Å². The predicted octanol–water partition coefficient (Wildman–Crippen LogP) is 2.27. The van der Waals surface area contributed by atoms with Crippen molar-refractivity contribution in [2.24, 2.45) is 0 Å². The first-order valence-corrected chi connectivity index (χ1v) is 9.90. The summed E-state index contributed by atoms with van der Waals surface area (Å²) in [5, 5.41) is 7.42. The van der Waals surface area contributed by atoms with E-state index in [1.165, 1.54) is 6.26 Å². The third kappa shape index (κ3) is 2.86. The van der Waals surface area contributed by atoms with Crippen LogP contribution in [0.25, 0.3) is 0 Å². The van der Waals surface area contributed by atoms with Crippen LogP contribution in [0.5, 0.6) is 0 Å². The van der Waals surface area contributed by atoms with Crippen LogP contribution in [0.2, 0.25) is 0 Å². The van der Waals surface area contributed by atoms with E-state index in [0.717, 1.165) is 24.1 Å². The number of amides is 1. The zero-order valence-electron chi connectivity index (χ0n) is 13.4. The molecule has 2 aromatic rings. The Morgan fingerprint density at radius 2 is 2.17 bits per heavy atom. The van der Waals surface area contributed by atoms with Crippen LogP contribution in [0.1, 0.15) is 53.0 Å². The first-order chi connectivity index (χ1) is 11.4. The molecule has 1 atom stereocenters. The maximum atomic E-state index is 12.4. The second kappa shape index (κ2) is 5.47. The third-order valence-corrected chi connectivity index (χ3v) is 6.36. The summed E-state index contributed by atoms with van der Waals surface area (Å²) in [6, 6.07) is 3.36. The molecule has 2 aromatic heterocycles. The molecule has 1 aliphatic heterocycles. The molecule has 0 spiro atoms. The number of rotatable bonds is 4. The van der Waals surface area contributed by atoms with Crippen LogP contribution in [0, 0.1) is 6.92 Å². The Hall–Kier alpha value is -2.09. The van der Waals surface area contributed by atoms with Crippen molar-refractivity contribution in [1.82, 2.24) is 9.78 Å². The fourth-order valence-corrected chi connectivity index (χ4v) is 4.80. The summed E-state index contributed by atoms with van der Waals surface area (Å²) in [4.78, 5) is 12.4. The molecule has 128 valence electrons. The Bertz CT molecular complexity index is 892. The van der Waals surface area contributed by atoms with Gasteiger partial charge in [-0.05, 0) is 32.3 Å². The summed E-state index contributed by atoms with van der Waals surface area (Å²) in [5.41, 5.74) is 1.68. The van der Waals surface area contributed by atoms with Crippen LogP contribution in [-0.4, -0.2) is 35.6 Å². The molecule has 1 saturated carbocycles. The van der Waals surface area contributed by atoms with E-state index in [1.807, 2.05) is 6.07 Å². The summed E-state index contributed by atoms with van der Waals surface area (Å²) < 4.78 is 30.5. The lowest BCUT2D eigenvalue weighted by Gasteiger charge is -2.13. The maximum Gasteiger partial charge on any atom is 0.292 e. The van der Waals surface area contributed by atoms with Crippen molar-refractivity contribution >= 4 is 21.6 Å². The molecule has 0 radical (unpaired) electrons. The van der Waals surface area contributed by atoms with Gasteiger partial charge in [-0.25, -0.2) is 13.1 Å². The molecular formula is C16H19N3O4S. The molecule has 0 unspecified atom stereocenters. The van der Waals surface area contributed by atoms with Gasteiger partial charge in [0.2, 0.25) is 0 Å². The lowest BCUT2D eigenvalue weighted by molar-refractivity contribution is 0.0994. The maximum absolute atomic E-state index is 12.4. The van der Waals surface area contributed by atoms with Gasteiger partial charge in [-0.15, -0.1) is 0 Å². The van der Waals surface area contributed by atoms with Gasteiger partial charge in [0.1, 0.15) is 5.82 Å². The second-order valence-electron chi connectivity index (χ2n) is 6.62. The van der Waals surface area contributed by atoms with E-state index in [4.69, 9.17) is 4.42 Å². The smallest absolute Gasteiger partial charge is 0.292 e. The first-order valence-electron chi connectivity index (χ1n) is 8.08. The third-order valence-electron chi connectivity index (χ3n) is 4.61. The quantitative estimate of drug-likeness (QED) is 0.914. The van der Waals surface area contributed by atoms with Crippen LogP contribution in [0.3, 0.4) is 0 Å². The summed E-state index contributed by atoms with van der Waals surface area (Å²) in [6.07, 6.45) is 4.17. The summed E-state index contributed by atoms with van der Waals surface area (Å²) >= 11 is 0. The molecule has 1 aliphatic carbocycles. The number of carbonyl (C=O) groups excluding carboxylic acids is 1. The van der Waals surface area contributed by atoms with Crippen molar-refractivity contribution in [3.05, 3.63) is 35.4 Å². The Balaban J connectivity index is 1.64. The lowest BCUT2D eigenvalue weighted by Crippen LogP contribution is -2.19. The number of sulfone groups is 1. The lowest BCUT2D eigenvalue weighted by atomic mass is 10.2. The Labute approximate surface area is 139 Å². The van der Waals surface area contributed by atoms with Gasteiger partial charge in [0.25, 0.3) is 5.91 Å². The molecule has 3 heterocycles. The van der Waals surface area contributed by atoms with E-state index in [0.29, 0.717) is 18.2 Å². The number of hydrogen-bond acceptors (Lipinski definition) is 5. The summed E-state index contributed by atoms with van der Waals surface area (Å²) in [7, 11) is -3.03. The number of hydrogen-bond donors (Lipinski definition) is 1. The average molecular weight is 349 g/mol. The SMILES string of the molecule is Cc1ccoc1C(=O)Nc1cc(C2CC2)nn1[C@H]1CCS(=O)(=O)C1. The second-order valence-corrected chi connectivity index (χ2v) is 8.85. The van der Waals surface area contributed by atoms with E-state index >= 15 is 0 Å². The van der Waals surface area contributed by atoms with E-state index in [-0.39, 0.29) is 29.2 Å². The molecule has 24 heavy (non-hydrogen) atoms. The highest BCUT2D eigenvalue weighted by Gasteiger charge is 2.34. The van der Waals surface area contributed by atoms with Crippen molar-refractivity contribution < 1.29 is 17.6 Å². The van der Waals surface area contributed by atoms with Gasteiger partial charge in [0.15, 0.2) is 15.6 Å². The molecule has 1 amide bonds. The van der Waals surface area contributed by atoms with Gasteiger partial charge in [-0.2, -0.15) is 5.10 Å².